The van der Waals surface area contributed by atoms with Crippen LogP contribution in [0.3, 0.4) is 0 Å². The number of hydrogen-bond acceptors (Lipinski definition) is 6. The van der Waals surface area contributed by atoms with Crippen LogP contribution >= 0.6 is 0 Å². The summed E-state index contributed by atoms with van der Waals surface area (Å²) in [6.07, 6.45) is 6.12. The van der Waals surface area contributed by atoms with Gasteiger partial charge in [0, 0.05) is 23.6 Å². The molecule has 0 radical (unpaired) electrons. The Morgan fingerprint density at radius 3 is 2.48 bits per heavy atom. The van der Waals surface area contributed by atoms with E-state index in [1.165, 1.54) is 7.11 Å². The highest BCUT2D eigenvalue weighted by Crippen LogP contribution is 2.33. The molecule has 1 heterocycles. The van der Waals surface area contributed by atoms with Gasteiger partial charge >= 0.3 is 5.97 Å². The third-order valence-electron chi connectivity index (χ3n) is 4.03. The third kappa shape index (κ3) is 4.76. The van der Waals surface area contributed by atoms with Crippen LogP contribution in [0.5, 0.6) is 0 Å². The van der Waals surface area contributed by atoms with Crippen molar-refractivity contribution in [1.29, 1.82) is 0 Å². The van der Waals surface area contributed by atoms with Gasteiger partial charge in [-0.25, -0.2) is 14.8 Å². The largest absolute Gasteiger partial charge is 0.467 e. The molecule has 1 aromatic carbocycles. The molecular formula is C18H20N4O3. The van der Waals surface area contributed by atoms with Gasteiger partial charge in [-0.3, -0.25) is 4.79 Å². The normalized spacial score (nSPS) is 14.4. The van der Waals surface area contributed by atoms with Crippen LogP contribution in [-0.4, -0.2) is 35.0 Å². The van der Waals surface area contributed by atoms with Gasteiger partial charge in [-0.1, -0.05) is 12.8 Å². The number of hydrogen-bond donors (Lipinski definition) is 2. The Kier molecular flexibility index (Phi) is 5.23. The maximum Gasteiger partial charge on any atom is 0.328 e. The monoisotopic (exact) mass is 340 g/mol. The second-order valence-electron chi connectivity index (χ2n) is 6.00. The number of rotatable bonds is 7. The molecule has 3 rings (SSSR count). The van der Waals surface area contributed by atoms with Crippen molar-refractivity contribution in [1.82, 2.24) is 15.3 Å². The Bertz CT molecular complexity index is 730. The number of benzene rings is 1. The molecule has 0 spiro atoms. The molecule has 1 atom stereocenters. The molecule has 1 fully saturated rings. The van der Waals surface area contributed by atoms with Gasteiger partial charge in [0.2, 0.25) is 5.95 Å². The van der Waals surface area contributed by atoms with Crippen molar-refractivity contribution in [2.24, 2.45) is 5.92 Å². The summed E-state index contributed by atoms with van der Waals surface area (Å²) < 4.78 is 4.79. The van der Waals surface area contributed by atoms with Gasteiger partial charge in [0.15, 0.2) is 0 Å². The van der Waals surface area contributed by atoms with Gasteiger partial charge in [0.25, 0.3) is 5.91 Å². The predicted octanol–water partition coefficient (Wildman–Crippen LogP) is 2.29. The zero-order chi connectivity index (χ0) is 17.6. The Hall–Kier alpha value is -2.96. The van der Waals surface area contributed by atoms with E-state index in [1.54, 1.807) is 42.7 Å². The lowest BCUT2D eigenvalue weighted by Gasteiger charge is -2.16. The molecule has 7 nitrogen and oxygen atoms in total. The van der Waals surface area contributed by atoms with Crippen molar-refractivity contribution in [3.63, 3.8) is 0 Å². The second kappa shape index (κ2) is 7.74. The van der Waals surface area contributed by atoms with Crippen molar-refractivity contribution in [3.8, 4) is 0 Å². The number of amides is 1. The summed E-state index contributed by atoms with van der Waals surface area (Å²) in [5.74, 6) is 0.287. The summed E-state index contributed by atoms with van der Waals surface area (Å²) in [6, 6.07) is 8.04. The Morgan fingerprint density at radius 1 is 1.20 bits per heavy atom. The Labute approximate surface area is 145 Å². The fourth-order valence-corrected chi connectivity index (χ4v) is 2.48. The van der Waals surface area contributed by atoms with E-state index in [0.29, 0.717) is 23.9 Å². The zero-order valence-corrected chi connectivity index (χ0v) is 13.9. The van der Waals surface area contributed by atoms with E-state index in [-0.39, 0.29) is 5.91 Å². The maximum absolute atomic E-state index is 12.4. The molecule has 0 aliphatic heterocycles. The number of ether oxygens (including phenoxy) is 1. The number of nitrogens with one attached hydrogen (secondary N) is 2. The van der Waals surface area contributed by atoms with E-state index in [2.05, 4.69) is 20.6 Å². The minimum atomic E-state index is -0.597. The highest BCUT2D eigenvalue weighted by Gasteiger charge is 2.31. The lowest BCUT2D eigenvalue weighted by molar-refractivity contribution is -0.143. The Balaban J connectivity index is 1.62. The second-order valence-corrected chi connectivity index (χ2v) is 6.00. The lowest BCUT2D eigenvalue weighted by Crippen LogP contribution is -2.41. The molecule has 7 heteroatoms. The number of aromatic nitrogens is 2. The van der Waals surface area contributed by atoms with Crippen LogP contribution in [0.4, 0.5) is 11.6 Å². The van der Waals surface area contributed by atoms with Crippen LogP contribution in [0.15, 0.2) is 42.7 Å². The first-order valence-corrected chi connectivity index (χ1v) is 8.18. The summed E-state index contributed by atoms with van der Waals surface area (Å²) in [5, 5.41) is 5.81. The summed E-state index contributed by atoms with van der Waals surface area (Å²) in [6.45, 7) is 0. The summed E-state index contributed by atoms with van der Waals surface area (Å²) >= 11 is 0. The summed E-state index contributed by atoms with van der Waals surface area (Å²) in [7, 11) is 1.33. The van der Waals surface area contributed by atoms with Crippen LogP contribution in [0.25, 0.3) is 0 Å². The van der Waals surface area contributed by atoms with Crippen molar-refractivity contribution < 1.29 is 14.3 Å². The van der Waals surface area contributed by atoms with Crippen molar-refractivity contribution in [2.75, 3.05) is 12.4 Å². The van der Waals surface area contributed by atoms with E-state index in [9.17, 15) is 9.59 Å². The van der Waals surface area contributed by atoms with E-state index in [1.807, 2.05) is 0 Å². The van der Waals surface area contributed by atoms with Crippen molar-refractivity contribution >= 4 is 23.5 Å². The quantitative estimate of drug-likeness (QED) is 0.751. The van der Waals surface area contributed by atoms with Gasteiger partial charge < -0.3 is 15.4 Å². The molecule has 130 valence electrons. The summed E-state index contributed by atoms with van der Waals surface area (Å²) in [4.78, 5) is 32.4. The van der Waals surface area contributed by atoms with Crippen LogP contribution in [0, 0.1) is 5.92 Å². The SMILES string of the molecule is COC(=O)C(CC1CC1)NC(=O)c1ccc(Nc2ncccn2)cc1. The molecule has 1 aliphatic rings. The fraction of sp³-hybridized carbons (Fsp3) is 0.333. The van der Waals surface area contributed by atoms with Crippen LogP contribution < -0.4 is 10.6 Å². The zero-order valence-electron chi connectivity index (χ0n) is 13.9. The fourth-order valence-electron chi connectivity index (χ4n) is 2.48. The molecule has 0 saturated heterocycles. The van der Waals surface area contributed by atoms with Gasteiger partial charge in [0.05, 0.1) is 7.11 Å². The first-order valence-electron chi connectivity index (χ1n) is 8.18. The van der Waals surface area contributed by atoms with Gasteiger partial charge in [-0.05, 0) is 42.7 Å². The summed E-state index contributed by atoms with van der Waals surface area (Å²) in [5.41, 5.74) is 1.24. The van der Waals surface area contributed by atoms with Crippen molar-refractivity contribution in [2.45, 2.75) is 25.3 Å². The minimum Gasteiger partial charge on any atom is -0.467 e. The van der Waals surface area contributed by atoms with E-state index in [0.717, 1.165) is 18.5 Å². The maximum atomic E-state index is 12.4. The molecule has 1 aliphatic carbocycles. The number of carbonyl (C=O) groups excluding carboxylic acids is 2. The smallest absolute Gasteiger partial charge is 0.328 e. The number of nitrogens with zero attached hydrogens (tertiary/aromatic N) is 2. The highest BCUT2D eigenvalue weighted by atomic mass is 16.5. The molecule has 1 unspecified atom stereocenters. The third-order valence-corrected chi connectivity index (χ3v) is 4.03. The lowest BCUT2D eigenvalue weighted by atomic mass is 10.1. The van der Waals surface area contributed by atoms with E-state index < -0.39 is 12.0 Å². The average molecular weight is 340 g/mol. The molecule has 0 bridgehead atoms. The molecule has 2 N–H and O–H groups in total. The minimum absolute atomic E-state index is 0.293. The molecule has 2 aromatic rings. The Morgan fingerprint density at radius 2 is 1.88 bits per heavy atom. The van der Waals surface area contributed by atoms with Crippen LogP contribution in [0.1, 0.15) is 29.6 Å². The highest BCUT2D eigenvalue weighted by molar-refractivity contribution is 5.97. The number of esters is 1. The van der Waals surface area contributed by atoms with Crippen LogP contribution in [0.2, 0.25) is 0 Å². The van der Waals surface area contributed by atoms with Crippen LogP contribution in [-0.2, 0) is 9.53 Å². The standard InChI is InChI=1S/C18H20N4O3/c1-25-17(24)15(11-12-3-4-12)22-16(23)13-5-7-14(8-6-13)21-18-19-9-2-10-20-18/h2,5-10,12,15H,3-4,11H2,1H3,(H,22,23)(H,19,20,21). The topological polar surface area (TPSA) is 93.2 Å². The average Bonchev–Trinajstić information content (AvgIpc) is 3.46. The van der Waals surface area contributed by atoms with Gasteiger partial charge in [0.1, 0.15) is 6.04 Å². The van der Waals surface area contributed by atoms with Gasteiger partial charge in [-0.2, -0.15) is 0 Å². The van der Waals surface area contributed by atoms with Crippen molar-refractivity contribution in [3.05, 3.63) is 48.3 Å². The predicted molar refractivity (Wildman–Crippen MR) is 92.4 cm³/mol. The molecule has 1 aromatic heterocycles. The molecule has 1 amide bonds. The number of methoxy groups -OCH3 is 1. The van der Waals surface area contributed by atoms with E-state index >= 15 is 0 Å². The molecule has 25 heavy (non-hydrogen) atoms. The van der Waals surface area contributed by atoms with Gasteiger partial charge in [-0.15, -0.1) is 0 Å². The molecule has 1 saturated carbocycles. The first-order chi connectivity index (χ1) is 12.2. The van der Waals surface area contributed by atoms with E-state index in [4.69, 9.17) is 4.74 Å². The number of anilines is 2. The molecular weight excluding hydrogens is 320 g/mol. The number of carbonyl (C=O) groups is 2. The first kappa shape index (κ1) is 16.9.